The van der Waals surface area contributed by atoms with Crippen LogP contribution in [0.1, 0.15) is 25.8 Å². The molecule has 2 aromatic carbocycles. The van der Waals surface area contributed by atoms with Gasteiger partial charge in [0.15, 0.2) is 6.61 Å². The van der Waals surface area contributed by atoms with Crippen LogP contribution in [-0.4, -0.2) is 49.4 Å². The number of rotatable bonds is 10. The normalized spacial score (nSPS) is 11.3. The molecule has 2 rings (SSSR count). The summed E-state index contributed by atoms with van der Waals surface area (Å²) in [5.74, 6) is -0.936. The van der Waals surface area contributed by atoms with E-state index in [1.54, 1.807) is 26.0 Å². The van der Waals surface area contributed by atoms with E-state index in [1.807, 2.05) is 0 Å². The summed E-state index contributed by atoms with van der Waals surface area (Å²) < 4.78 is 31.3. The highest BCUT2D eigenvalue weighted by molar-refractivity contribution is 7.89. The van der Waals surface area contributed by atoms with Gasteiger partial charge in [-0.05, 0) is 48.4 Å². The molecular formula is C21H26N2O6S. The number of anilines is 1. The van der Waals surface area contributed by atoms with Crippen molar-refractivity contribution in [3.8, 4) is 5.75 Å². The standard InChI is InChI=1S/C21H26N2O6S/c1-3-23(4-2)30(27,28)19-12-5-16(6-13-19)7-14-21(26)29-15-20(25)22-17-8-10-18(24)11-9-17/h5-6,8-13,24H,3-4,7,14-15H2,1-2H3,(H,22,25). The lowest BCUT2D eigenvalue weighted by Gasteiger charge is -2.18. The molecule has 2 N–H and O–H groups in total. The molecule has 0 aromatic heterocycles. The molecule has 0 aliphatic carbocycles. The first kappa shape index (κ1) is 23.4. The fraction of sp³-hybridized carbons (Fsp3) is 0.333. The maximum absolute atomic E-state index is 12.5. The van der Waals surface area contributed by atoms with E-state index in [0.717, 1.165) is 5.56 Å². The summed E-state index contributed by atoms with van der Waals surface area (Å²) in [5.41, 5.74) is 1.27. The van der Waals surface area contributed by atoms with E-state index in [2.05, 4.69) is 5.32 Å². The third-order valence-electron chi connectivity index (χ3n) is 4.40. The van der Waals surface area contributed by atoms with Gasteiger partial charge in [-0.1, -0.05) is 26.0 Å². The van der Waals surface area contributed by atoms with Gasteiger partial charge >= 0.3 is 5.97 Å². The van der Waals surface area contributed by atoms with Crippen molar-refractivity contribution in [2.45, 2.75) is 31.6 Å². The van der Waals surface area contributed by atoms with Crippen molar-refractivity contribution in [2.75, 3.05) is 25.0 Å². The van der Waals surface area contributed by atoms with Crippen molar-refractivity contribution in [2.24, 2.45) is 0 Å². The number of hydrogen-bond donors (Lipinski definition) is 2. The van der Waals surface area contributed by atoms with Gasteiger partial charge in [0.05, 0.1) is 4.90 Å². The maximum Gasteiger partial charge on any atom is 0.306 e. The van der Waals surface area contributed by atoms with Gasteiger partial charge in [0.25, 0.3) is 5.91 Å². The van der Waals surface area contributed by atoms with E-state index in [1.165, 1.54) is 40.7 Å². The molecular weight excluding hydrogens is 408 g/mol. The zero-order valence-electron chi connectivity index (χ0n) is 17.0. The molecule has 9 heteroatoms. The van der Waals surface area contributed by atoms with Crippen LogP contribution in [0.15, 0.2) is 53.4 Å². The SMILES string of the molecule is CCN(CC)S(=O)(=O)c1ccc(CCC(=O)OCC(=O)Nc2ccc(O)cc2)cc1. The van der Waals surface area contributed by atoms with Crippen molar-refractivity contribution in [1.29, 1.82) is 0 Å². The predicted molar refractivity (Wildman–Crippen MR) is 113 cm³/mol. The molecule has 0 aliphatic heterocycles. The minimum absolute atomic E-state index is 0.0641. The number of amides is 1. The molecule has 0 fully saturated rings. The molecule has 2 aromatic rings. The largest absolute Gasteiger partial charge is 0.508 e. The van der Waals surface area contributed by atoms with E-state index in [-0.39, 0.29) is 17.1 Å². The second kappa shape index (κ2) is 10.7. The molecule has 162 valence electrons. The van der Waals surface area contributed by atoms with Gasteiger partial charge in [0, 0.05) is 25.2 Å². The lowest BCUT2D eigenvalue weighted by Crippen LogP contribution is -2.30. The molecule has 0 atom stereocenters. The van der Waals surface area contributed by atoms with Crippen LogP contribution < -0.4 is 5.32 Å². The molecule has 0 saturated carbocycles. The maximum atomic E-state index is 12.5. The Kier molecular flexibility index (Phi) is 8.37. The average Bonchev–Trinajstić information content (AvgIpc) is 2.73. The van der Waals surface area contributed by atoms with Crippen LogP contribution in [0.4, 0.5) is 5.69 Å². The number of sulfonamides is 1. The first-order valence-corrected chi connectivity index (χ1v) is 11.0. The molecule has 0 bridgehead atoms. The number of hydrogen-bond acceptors (Lipinski definition) is 6. The number of phenolic OH excluding ortho intramolecular Hbond substituents is 1. The summed E-state index contributed by atoms with van der Waals surface area (Å²) in [5, 5.41) is 11.8. The van der Waals surface area contributed by atoms with E-state index in [0.29, 0.717) is 25.2 Å². The summed E-state index contributed by atoms with van der Waals surface area (Å²) in [4.78, 5) is 23.9. The summed E-state index contributed by atoms with van der Waals surface area (Å²) in [6.07, 6.45) is 0.429. The molecule has 0 spiro atoms. The quantitative estimate of drug-likeness (QED) is 0.439. The van der Waals surface area contributed by atoms with Gasteiger partial charge in [-0.15, -0.1) is 0 Å². The Morgan fingerprint density at radius 3 is 2.17 bits per heavy atom. The van der Waals surface area contributed by atoms with Crippen LogP contribution in [0.25, 0.3) is 0 Å². The minimum atomic E-state index is -3.51. The van der Waals surface area contributed by atoms with Crippen molar-refractivity contribution >= 4 is 27.6 Å². The number of phenols is 1. The first-order valence-electron chi connectivity index (χ1n) is 9.59. The van der Waals surface area contributed by atoms with Gasteiger partial charge < -0.3 is 15.2 Å². The first-order chi connectivity index (χ1) is 14.3. The van der Waals surface area contributed by atoms with E-state index in [4.69, 9.17) is 4.74 Å². The Balaban J connectivity index is 1.80. The number of carbonyl (C=O) groups excluding carboxylic acids is 2. The number of nitrogens with zero attached hydrogens (tertiary/aromatic N) is 1. The molecule has 0 radical (unpaired) electrons. The molecule has 0 unspecified atom stereocenters. The second-order valence-corrected chi connectivity index (χ2v) is 8.43. The minimum Gasteiger partial charge on any atom is -0.508 e. The van der Waals surface area contributed by atoms with Crippen LogP contribution in [0.2, 0.25) is 0 Å². The molecule has 0 aliphatic rings. The van der Waals surface area contributed by atoms with Gasteiger partial charge in [-0.3, -0.25) is 9.59 Å². The third kappa shape index (κ3) is 6.57. The van der Waals surface area contributed by atoms with Crippen LogP contribution in [-0.2, 0) is 30.8 Å². The lowest BCUT2D eigenvalue weighted by molar-refractivity contribution is -0.147. The van der Waals surface area contributed by atoms with E-state index >= 15 is 0 Å². The number of aryl methyl sites for hydroxylation is 1. The Morgan fingerprint density at radius 2 is 1.60 bits per heavy atom. The van der Waals surface area contributed by atoms with Crippen molar-refractivity contribution < 1.29 is 27.9 Å². The highest BCUT2D eigenvalue weighted by Crippen LogP contribution is 2.17. The zero-order chi connectivity index (χ0) is 22.1. The summed E-state index contributed by atoms with van der Waals surface area (Å²) in [6, 6.07) is 12.3. The fourth-order valence-electron chi connectivity index (χ4n) is 2.75. The molecule has 8 nitrogen and oxygen atoms in total. The smallest absolute Gasteiger partial charge is 0.306 e. The zero-order valence-corrected chi connectivity index (χ0v) is 17.8. The summed E-state index contributed by atoms with van der Waals surface area (Å²) in [7, 11) is -3.51. The molecule has 0 heterocycles. The molecule has 0 saturated heterocycles. The van der Waals surface area contributed by atoms with Crippen LogP contribution >= 0.6 is 0 Å². The van der Waals surface area contributed by atoms with Crippen LogP contribution in [0.3, 0.4) is 0 Å². The number of aromatic hydroxyl groups is 1. The van der Waals surface area contributed by atoms with Gasteiger partial charge in [0.1, 0.15) is 5.75 Å². The number of benzene rings is 2. The Morgan fingerprint density at radius 1 is 1.00 bits per heavy atom. The van der Waals surface area contributed by atoms with Crippen LogP contribution in [0.5, 0.6) is 5.75 Å². The predicted octanol–water partition coefficient (Wildman–Crippen LogP) is 2.54. The van der Waals surface area contributed by atoms with E-state index in [9.17, 15) is 23.1 Å². The van der Waals surface area contributed by atoms with Crippen molar-refractivity contribution in [3.63, 3.8) is 0 Å². The molecule has 1 amide bonds. The number of ether oxygens (including phenoxy) is 1. The number of esters is 1. The number of carbonyl (C=O) groups is 2. The Bertz CT molecular complexity index is 952. The van der Waals surface area contributed by atoms with Crippen molar-refractivity contribution in [3.05, 3.63) is 54.1 Å². The summed E-state index contributed by atoms with van der Waals surface area (Å²) >= 11 is 0. The average molecular weight is 435 g/mol. The van der Waals surface area contributed by atoms with Gasteiger partial charge in [-0.2, -0.15) is 4.31 Å². The second-order valence-electron chi connectivity index (χ2n) is 6.49. The van der Waals surface area contributed by atoms with E-state index < -0.39 is 28.5 Å². The molecule has 30 heavy (non-hydrogen) atoms. The third-order valence-corrected chi connectivity index (χ3v) is 6.46. The Hall–Kier alpha value is -2.91. The van der Waals surface area contributed by atoms with Gasteiger partial charge in [-0.25, -0.2) is 8.42 Å². The van der Waals surface area contributed by atoms with Crippen molar-refractivity contribution in [1.82, 2.24) is 4.31 Å². The summed E-state index contributed by atoms with van der Waals surface area (Å²) in [6.45, 7) is 3.94. The highest BCUT2D eigenvalue weighted by atomic mass is 32.2. The fourth-order valence-corrected chi connectivity index (χ4v) is 4.21. The Labute approximate surface area is 176 Å². The van der Waals surface area contributed by atoms with Crippen LogP contribution in [0, 0.1) is 0 Å². The lowest BCUT2D eigenvalue weighted by atomic mass is 10.1. The topological polar surface area (TPSA) is 113 Å². The highest BCUT2D eigenvalue weighted by Gasteiger charge is 2.21. The van der Waals surface area contributed by atoms with Gasteiger partial charge in [0.2, 0.25) is 10.0 Å². The number of nitrogens with one attached hydrogen (secondary N) is 1. The monoisotopic (exact) mass is 434 g/mol.